The van der Waals surface area contributed by atoms with Gasteiger partial charge >= 0.3 is 0 Å². The lowest BCUT2D eigenvalue weighted by atomic mass is 9.93. The van der Waals surface area contributed by atoms with Gasteiger partial charge < -0.3 is 9.64 Å². The second-order valence-electron chi connectivity index (χ2n) is 6.31. The Morgan fingerprint density at radius 3 is 2.83 bits per heavy atom. The molecule has 2 saturated heterocycles. The van der Waals surface area contributed by atoms with Crippen LogP contribution in [-0.2, 0) is 4.74 Å². The Labute approximate surface area is 110 Å². The largest absolute Gasteiger partial charge is 0.377 e. The van der Waals surface area contributed by atoms with Crippen molar-refractivity contribution in [2.75, 3.05) is 33.3 Å². The molecule has 0 amide bonds. The van der Waals surface area contributed by atoms with Gasteiger partial charge in [-0.15, -0.1) is 0 Å². The number of likely N-dealkylation sites (N-methyl/N-ethyl adjacent to an activating group) is 1. The zero-order chi connectivity index (χ0) is 13.2. The van der Waals surface area contributed by atoms with Crippen molar-refractivity contribution in [2.45, 2.75) is 50.8 Å². The normalized spacial score (nSPS) is 33.4. The van der Waals surface area contributed by atoms with Crippen molar-refractivity contribution in [3.63, 3.8) is 0 Å². The maximum absolute atomic E-state index is 9.03. The molecule has 4 heteroatoms. The standard InChI is InChI=1S/C14H25N3O/c1-14(2)11-16(3)9-12(6-7-15)17(14)10-13-5-4-8-18-13/h12-13H,4-6,8-11H2,1-3H3. The highest BCUT2D eigenvalue weighted by Gasteiger charge is 2.39. The molecule has 2 heterocycles. The lowest BCUT2D eigenvalue weighted by Gasteiger charge is -2.51. The summed E-state index contributed by atoms with van der Waals surface area (Å²) in [6, 6.07) is 2.68. The Kier molecular flexibility index (Phi) is 4.26. The van der Waals surface area contributed by atoms with Crippen molar-refractivity contribution >= 4 is 0 Å². The molecule has 0 aromatic carbocycles. The van der Waals surface area contributed by atoms with Crippen LogP contribution < -0.4 is 0 Å². The fourth-order valence-electron chi connectivity index (χ4n) is 3.45. The van der Waals surface area contributed by atoms with E-state index in [2.05, 4.69) is 36.8 Å². The van der Waals surface area contributed by atoms with Crippen LogP contribution in [0.2, 0.25) is 0 Å². The van der Waals surface area contributed by atoms with Crippen molar-refractivity contribution in [2.24, 2.45) is 0 Å². The number of nitrogens with zero attached hydrogens (tertiary/aromatic N) is 3. The third kappa shape index (κ3) is 3.03. The molecular formula is C14H25N3O. The van der Waals surface area contributed by atoms with Gasteiger partial charge in [-0.05, 0) is 33.7 Å². The van der Waals surface area contributed by atoms with E-state index in [4.69, 9.17) is 10.00 Å². The zero-order valence-electron chi connectivity index (χ0n) is 11.9. The van der Waals surface area contributed by atoms with Crippen LogP contribution in [0.5, 0.6) is 0 Å². The molecule has 0 N–H and O–H groups in total. The van der Waals surface area contributed by atoms with Gasteiger partial charge in [0.05, 0.1) is 18.6 Å². The lowest BCUT2D eigenvalue weighted by molar-refractivity contribution is -0.0447. The van der Waals surface area contributed by atoms with Gasteiger partial charge in [0.15, 0.2) is 0 Å². The van der Waals surface area contributed by atoms with Gasteiger partial charge in [-0.3, -0.25) is 4.90 Å². The summed E-state index contributed by atoms with van der Waals surface area (Å²) in [6.45, 7) is 8.49. The molecule has 4 nitrogen and oxygen atoms in total. The summed E-state index contributed by atoms with van der Waals surface area (Å²) in [5, 5.41) is 9.03. The van der Waals surface area contributed by atoms with E-state index in [1.807, 2.05) is 0 Å². The van der Waals surface area contributed by atoms with Crippen LogP contribution >= 0.6 is 0 Å². The summed E-state index contributed by atoms with van der Waals surface area (Å²) in [7, 11) is 2.15. The Balaban J connectivity index is 2.07. The first kappa shape index (κ1) is 13.8. The number of ether oxygens (including phenoxy) is 1. The molecule has 2 atom stereocenters. The summed E-state index contributed by atoms with van der Waals surface area (Å²) < 4.78 is 5.76. The molecule has 0 saturated carbocycles. The summed E-state index contributed by atoms with van der Waals surface area (Å²) in [5.74, 6) is 0. The molecule has 102 valence electrons. The first-order valence-corrected chi connectivity index (χ1v) is 6.97. The highest BCUT2D eigenvalue weighted by molar-refractivity contribution is 4.98. The molecule has 2 aliphatic heterocycles. The monoisotopic (exact) mass is 251 g/mol. The molecule has 0 aliphatic carbocycles. The molecule has 0 aromatic rings. The highest BCUT2D eigenvalue weighted by atomic mass is 16.5. The first-order valence-electron chi connectivity index (χ1n) is 6.97. The predicted molar refractivity (Wildman–Crippen MR) is 71.3 cm³/mol. The lowest BCUT2D eigenvalue weighted by Crippen LogP contribution is -2.64. The van der Waals surface area contributed by atoms with Gasteiger partial charge in [0.2, 0.25) is 0 Å². The molecule has 0 aromatic heterocycles. The number of hydrogen-bond donors (Lipinski definition) is 0. The van der Waals surface area contributed by atoms with Crippen molar-refractivity contribution in [1.29, 1.82) is 5.26 Å². The third-order valence-electron chi connectivity index (χ3n) is 4.15. The fourth-order valence-corrected chi connectivity index (χ4v) is 3.45. The van der Waals surface area contributed by atoms with Gasteiger partial charge in [-0.1, -0.05) is 0 Å². The zero-order valence-corrected chi connectivity index (χ0v) is 11.9. The van der Waals surface area contributed by atoms with Crippen LogP contribution in [0.25, 0.3) is 0 Å². The highest BCUT2D eigenvalue weighted by Crippen LogP contribution is 2.28. The van der Waals surface area contributed by atoms with Crippen molar-refractivity contribution in [3.8, 4) is 6.07 Å². The summed E-state index contributed by atoms with van der Waals surface area (Å²) >= 11 is 0. The van der Waals surface area contributed by atoms with Crippen molar-refractivity contribution in [3.05, 3.63) is 0 Å². The second-order valence-corrected chi connectivity index (χ2v) is 6.31. The minimum absolute atomic E-state index is 0.125. The summed E-state index contributed by atoms with van der Waals surface area (Å²) in [6.07, 6.45) is 3.33. The number of nitriles is 1. The Hall–Kier alpha value is -0.630. The van der Waals surface area contributed by atoms with Gasteiger partial charge in [-0.25, -0.2) is 0 Å². The Morgan fingerprint density at radius 2 is 2.22 bits per heavy atom. The van der Waals surface area contributed by atoms with E-state index in [0.717, 1.165) is 26.2 Å². The minimum atomic E-state index is 0.125. The van der Waals surface area contributed by atoms with E-state index in [9.17, 15) is 0 Å². The van der Waals surface area contributed by atoms with Crippen molar-refractivity contribution in [1.82, 2.24) is 9.80 Å². The van der Waals surface area contributed by atoms with Crippen LogP contribution in [0.4, 0.5) is 0 Å². The quantitative estimate of drug-likeness (QED) is 0.761. The van der Waals surface area contributed by atoms with Gasteiger partial charge in [0, 0.05) is 37.8 Å². The van der Waals surface area contributed by atoms with E-state index in [1.54, 1.807) is 0 Å². The molecular weight excluding hydrogens is 226 g/mol. The van der Waals surface area contributed by atoms with E-state index in [0.29, 0.717) is 18.6 Å². The number of rotatable bonds is 3. The Bertz CT molecular complexity index is 317. The predicted octanol–water partition coefficient (Wildman–Crippen LogP) is 1.47. The third-order valence-corrected chi connectivity index (χ3v) is 4.15. The Morgan fingerprint density at radius 1 is 1.44 bits per heavy atom. The first-order chi connectivity index (χ1) is 8.53. The van der Waals surface area contributed by atoms with Gasteiger partial charge in [0.25, 0.3) is 0 Å². The van der Waals surface area contributed by atoms with Crippen LogP contribution in [0, 0.1) is 11.3 Å². The minimum Gasteiger partial charge on any atom is -0.377 e. The summed E-state index contributed by atoms with van der Waals surface area (Å²) in [5.41, 5.74) is 0.125. The average molecular weight is 251 g/mol. The van der Waals surface area contributed by atoms with E-state index in [-0.39, 0.29) is 5.54 Å². The molecule has 2 aliphatic rings. The molecule has 2 fully saturated rings. The SMILES string of the molecule is CN1CC(CC#N)N(CC2CCCO2)C(C)(C)C1. The summed E-state index contributed by atoms with van der Waals surface area (Å²) in [4.78, 5) is 4.85. The fraction of sp³-hybridized carbons (Fsp3) is 0.929. The van der Waals surface area contributed by atoms with E-state index < -0.39 is 0 Å². The maximum atomic E-state index is 9.03. The molecule has 0 spiro atoms. The van der Waals surface area contributed by atoms with E-state index in [1.165, 1.54) is 12.8 Å². The molecule has 0 bridgehead atoms. The molecule has 2 unspecified atom stereocenters. The van der Waals surface area contributed by atoms with Crippen LogP contribution in [0.1, 0.15) is 33.1 Å². The van der Waals surface area contributed by atoms with Crippen LogP contribution in [0.3, 0.4) is 0 Å². The average Bonchev–Trinajstić information content (AvgIpc) is 2.75. The molecule has 2 rings (SSSR count). The second kappa shape index (κ2) is 5.56. The van der Waals surface area contributed by atoms with Gasteiger partial charge in [-0.2, -0.15) is 5.26 Å². The van der Waals surface area contributed by atoms with Crippen LogP contribution in [-0.4, -0.2) is 60.8 Å². The number of piperazine rings is 1. The van der Waals surface area contributed by atoms with Crippen molar-refractivity contribution < 1.29 is 4.74 Å². The molecule has 0 radical (unpaired) electrons. The molecule has 18 heavy (non-hydrogen) atoms. The number of hydrogen-bond acceptors (Lipinski definition) is 4. The van der Waals surface area contributed by atoms with E-state index >= 15 is 0 Å². The smallest absolute Gasteiger partial charge is 0.0703 e. The maximum Gasteiger partial charge on any atom is 0.0703 e. The topological polar surface area (TPSA) is 39.5 Å². The van der Waals surface area contributed by atoms with Gasteiger partial charge in [0.1, 0.15) is 0 Å². The van der Waals surface area contributed by atoms with Crippen LogP contribution in [0.15, 0.2) is 0 Å².